The van der Waals surface area contributed by atoms with Gasteiger partial charge in [0.05, 0.1) is 18.7 Å². The van der Waals surface area contributed by atoms with Crippen molar-refractivity contribution in [2.75, 3.05) is 48.3 Å². The van der Waals surface area contributed by atoms with Gasteiger partial charge in [-0.2, -0.15) is 0 Å². The second kappa shape index (κ2) is 15.6. The van der Waals surface area contributed by atoms with Crippen LogP contribution in [0.3, 0.4) is 0 Å². The Bertz CT molecular complexity index is 741. The molecule has 0 spiro atoms. The number of aliphatic carboxylic acids is 1. The Labute approximate surface area is 210 Å². The first-order chi connectivity index (χ1) is 16.9. The lowest BCUT2D eigenvalue weighted by molar-refractivity contribution is -0.211. The molecule has 14 heteroatoms. The van der Waals surface area contributed by atoms with E-state index >= 15 is 0 Å². The van der Waals surface area contributed by atoms with Crippen LogP contribution in [-0.2, 0) is 42.7 Å². The topological polar surface area (TPSA) is 178 Å². The average molecular weight is 522 g/mol. The Morgan fingerprint density at radius 1 is 1.14 bits per heavy atom. The fraction of sp³-hybridized carbons (Fsp3) is 0.727. The molecule has 0 bridgehead atoms. The third kappa shape index (κ3) is 11.1. The van der Waals surface area contributed by atoms with E-state index in [-0.39, 0.29) is 32.8 Å². The first kappa shape index (κ1) is 31.6. The van der Waals surface area contributed by atoms with Gasteiger partial charge in [0.2, 0.25) is 5.76 Å². The highest BCUT2D eigenvalue weighted by Gasteiger charge is 2.44. The standard InChI is InChI=1S/C22H39N3O11/c1-13(25-21(28)36-22(2,3)4)24-14-8-15(20(26)27)35-19(17(14)23)18(34-12-31-7)16(33-11-30-6)9-32-10-29-5/h8,14,16-19,24H,1,9-12,23H2,2-7H3,(H,25,28)(H,26,27)/t14-,16+,17+,18+,19+/m0/s1. The minimum Gasteiger partial charge on any atom is -0.479 e. The number of nitrogens with one attached hydrogen (secondary N) is 2. The Balaban J connectivity index is 3.16. The van der Waals surface area contributed by atoms with Crippen LogP contribution in [0, 0.1) is 0 Å². The molecule has 0 aliphatic carbocycles. The molecule has 0 saturated heterocycles. The van der Waals surface area contributed by atoms with Crippen molar-refractivity contribution in [1.29, 1.82) is 0 Å². The van der Waals surface area contributed by atoms with Gasteiger partial charge in [0.25, 0.3) is 0 Å². The summed E-state index contributed by atoms with van der Waals surface area (Å²) >= 11 is 0. The fourth-order valence-electron chi connectivity index (χ4n) is 3.15. The van der Waals surface area contributed by atoms with E-state index in [0.29, 0.717) is 0 Å². The van der Waals surface area contributed by atoms with Crippen LogP contribution in [0.15, 0.2) is 24.2 Å². The summed E-state index contributed by atoms with van der Waals surface area (Å²) in [7, 11) is 4.32. The molecule has 0 aromatic rings. The number of carbonyl (C=O) groups excluding carboxylic acids is 1. The molecule has 36 heavy (non-hydrogen) atoms. The molecule has 0 unspecified atom stereocenters. The molecular formula is C22H39N3O11. The monoisotopic (exact) mass is 521 g/mol. The van der Waals surface area contributed by atoms with Gasteiger partial charge in [-0.25, -0.2) is 9.59 Å². The van der Waals surface area contributed by atoms with Crippen molar-refractivity contribution in [2.45, 2.75) is 56.8 Å². The van der Waals surface area contributed by atoms with E-state index in [1.165, 1.54) is 27.4 Å². The van der Waals surface area contributed by atoms with E-state index in [0.717, 1.165) is 0 Å². The molecule has 1 rings (SSSR count). The van der Waals surface area contributed by atoms with Crippen LogP contribution in [0.25, 0.3) is 0 Å². The summed E-state index contributed by atoms with van der Waals surface area (Å²) in [6, 6.07) is -1.74. The normalized spacial score (nSPS) is 21.5. The lowest BCUT2D eigenvalue weighted by Gasteiger charge is -2.41. The maximum Gasteiger partial charge on any atom is 0.413 e. The van der Waals surface area contributed by atoms with Gasteiger partial charge in [-0.1, -0.05) is 6.58 Å². The van der Waals surface area contributed by atoms with Crippen LogP contribution in [0.1, 0.15) is 20.8 Å². The number of nitrogens with two attached hydrogens (primary N) is 1. The predicted molar refractivity (Wildman–Crippen MR) is 125 cm³/mol. The van der Waals surface area contributed by atoms with Gasteiger partial charge in [-0.3, -0.25) is 5.32 Å². The van der Waals surface area contributed by atoms with Crippen LogP contribution >= 0.6 is 0 Å². The maximum atomic E-state index is 12.1. The van der Waals surface area contributed by atoms with Crippen molar-refractivity contribution in [1.82, 2.24) is 10.6 Å². The molecule has 1 aliphatic rings. The number of methoxy groups -OCH3 is 3. The van der Waals surface area contributed by atoms with Gasteiger partial charge in [0.1, 0.15) is 50.1 Å². The van der Waals surface area contributed by atoms with Crippen molar-refractivity contribution >= 4 is 12.1 Å². The van der Waals surface area contributed by atoms with E-state index in [1.54, 1.807) is 20.8 Å². The highest BCUT2D eigenvalue weighted by atomic mass is 16.7. The minimum atomic E-state index is -1.33. The van der Waals surface area contributed by atoms with Gasteiger partial charge in [0, 0.05) is 21.3 Å². The Morgan fingerprint density at radius 3 is 2.31 bits per heavy atom. The largest absolute Gasteiger partial charge is 0.479 e. The van der Waals surface area contributed by atoms with Crippen LogP contribution in [0.5, 0.6) is 0 Å². The zero-order chi connectivity index (χ0) is 27.3. The lowest BCUT2D eigenvalue weighted by atomic mass is 9.92. The van der Waals surface area contributed by atoms with Crippen LogP contribution < -0.4 is 16.4 Å². The molecule has 1 aliphatic heterocycles. The Hall–Kier alpha value is -2.46. The van der Waals surface area contributed by atoms with Crippen molar-refractivity contribution in [3.8, 4) is 0 Å². The summed E-state index contributed by atoms with van der Waals surface area (Å²) in [6.45, 7) is 8.54. The zero-order valence-corrected chi connectivity index (χ0v) is 21.6. The van der Waals surface area contributed by atoms with E-state index < -0.39 is 53.8 Å². The van der Waals surface area contributed by atoms with Crippen LogP contribution in [-0.4, -0.2) is 101 Å². The van der Waals surface area contributed by atoms with Gasteiger partial charge in [-0.15, -0.1) is 0 Å². The minimum absolute atomic E-state index is 0.0186. The Kier molecular flexibility index (Phi) is 13.7. The molecule has 0 fully saturated rings. The molecule has 14 nitrogen and oxygen atoms in total. The summed E-state index contributed by atoms with van der Waals surface area (Å²) in [4.78, 5) is 23.9. The molecule has 0 saturated carbocycles. The number of carboxylic acid groups (broad SMARTS) is 1. The molecule has 1 heterocycles. The molecule has 0 aromatic carbocycles. The SMILES string of the molecule is C=C(NC(=O)OC(C)(C)C)N[C@H]1C=C(C(=O)O)O[C@@H]([C@H](OCOC)[C@@H](COCOC)OCOC)[C@@H]1N. The Morgan fingerprint density at radius 2 is 1.75 bits per heavy atom. The number of alkyl carbamates (subject to hydrolysis) is 1. The van der Waals surface area contributed by atoms with Gasteiger partial charge >= 0.3 is 12.1 Å². The third-order valence-corrected chi connectivity index (χ3v) is 4.54. The first-order valence-electron chi connectivity index (χ1n) is 11.0. The van der Waals surface area contributed by atoms with Crippen LogP contribution in [0.4, 0.5) is 4.79 Å². The van der Waals surface area contributed by atoms with E-state index in [1.807, 2.05) is 0 Å². The summed E-state index contributed by atoms with van der Waals surface area (Å²) < 4.78 is 42.8. The predicted octanol–water partition coefficient (Wildman–Crippen LogP) is 0.234. The average Bonchev–Trinajstić information content (AvgIpc) is 2.77. The van der Waals surface area contributed by atoms with Gasteiger partial charge in [0.15, 0.2) is 0 Å². The third-order valence-electron chi connectivity index (χ3n) is 4.54. The summed E-state index contributed by atoms with van der Waals surface area (Å²) in [5, 5.41) is 15.0. The number of rotatable bonds is 16. The molecule has 5 atom stereocenters. The molecular weight excluding hydrogens is 482 g/mol. The van der Waals surface area contributed by atoms with Crippen molar-refractivity contribution in [3.63, 3.8) is 0 Å². The maximum absolute atomic E-state index is 12.1. The van der Waals surface area contributed by atoms with Crippen molar-refractivity contribution in [3.05, 3.63) is 24.2 Å². The fourth-order valence-corrected chi connectivity index (χ4v) is 3.15. The number of carbonyl (C=O) groups is 2. The quantitative estimate of drug-likeness (QED) is 0.160. The second-order valence-electron chi connectivity index (χ2n) is 8.70. The van der Waals surface area contributed by atoms with Crippen molar-refractivity contribution < 1.29 is 52.6 Å². The molecule has 1 amide bonds. The van der Waals surface area contributed by atoms with E-state index in [4.69, 9.17) is 43.6 Å². The molecule has 5 N–H and O–H groups in total. The van der Waals surface area contributed by atoms with E-state index in [2.05, 4.69) is 17.2 Å². The lowest BCUT2D eigenvalue weighted by Crippen LogP contribution is -2.62. The first-order valence-corrected chi connectivity index (χ1v) is 11.0. The second-order valence-corrected chi connectivity index (χ2v) is 8.70. The van der Waals surface area contributed by atoms with Gasteiger partial charge < -0.3 is 54.1 Å². The highest BCUT2D eigenvalue weighted by molar-refractivity contribution is 5.84. The van der Waals surface area contributed by atoms with Gasteiger partial charge in [-0.05, 0) is 26.8 Å². The number of carboxylic acids is 1. The smallest absolute Gasteiger partial charge is 0.413 e. The molecule has 208 valence electrons. The number of amides is 1. The zero-order valence-electron chi connectivity index (χ0n) is 21.6. The summed E-state index contributed by atoms with van der Waals surface area (Å²) in [6.07, 6.45) is -2.32. The number of hydrogen-bond donors (Lipinski definition) is 4. The highest BCUT2D eigenvalue weighted by Crippen LogP contribution is 2.25. The molecule has 0 aromatic heterocycles. The van der Waals surface area contributed by atoms with Crippen LogP contribution in [0.2, 0.25) is 0 Å². The molecule has 0 radical (unpaired) electrons. The summed E-state index contributed by atoms with van der Waals surface area (Å²) in [5.41, 5.74) is 5.75. The summed E-state index contributed by atoms with van der Waals surface area (Å²) in [5.74, 6) is -1.69. The number of ether oxygens (including phenoxy) is 8. The van der Waals surface area contributed by atoms with Crippen molar-refractivity contribution in [2.24, 2.45) is 5.73 Å². The van der Waals surface area contributed by atoms with E-state index in [9.17, 15) is 14.7 Å². The number of hydrogen-bond acceptors (Lipinski definition) is 12.